The van der Waals surface area contributed by atoms with Gasteiger partial charge in [-0.05, 0) is 43.3 Å². The molecule has 2 heterocycles. The van der Waals surface area contributed by atoms with Crippen molar-refractivity contribution in [3.63, 3.8) is 0 Å². The van der Waals surface area contributed by atoms with E-state index >= 15 is 0 Å². The first-order chi connectivity index (χ1) is 12.5. The van der Waals surface area contributed by atoms with Crippen LogP contribution in [0.5, 0.6) is 0 Å². The molecule has 0 aliphatic carbocycles. The molecule has 2 aromatic heterocycles. The van der Waals surface area contributed by atoms with Crippen molar-refractivity contribution >= 4 is 27.3 Å². The zero-order chi connectivity index (χ0) is 20.0. The van der Waals surface area contributed by atoms with E-state index in [1.54, 1.807) is 0 Å². The predicted molar refractivity (Wildman–Crippen MR) is 90.7 cm³/mol. The number of rotatable bonds is 3. The summed E-state index contributed by atoms with van der Waals surface area (Å²) in [5.74, 6) is -0.692. The summed E-state index contributed by atoms with van der Waals surface area (Å²) in [4.78, 5) is 16.5. The molecule has 0 aliphatic rings. The number of hydrogen-bond acceptors (Lipinski definition) is 4. The third-order valence-electron chi connectivity index (χ3n) is 3.78. The number of hydrogen-bond donors (Lipinski definition) is 2. The predicted octanol–water partition coefficient (Wildman–Crippen LogP) is 2.56. The lowest BCUT2D eigenvalue weighted by Gasteiger charge is -2.09. The molecule has 0 aliphatic heterocycles. The van der Waals surface area contributed by atoms with Crippen LogP contribution in [0.3, 0.4) is 0 Å². The van der Waals surface area contributed by atoms with Crippen molar-refractivity contribution < 1.29 is 26.4 Å². The molecule has 0 atom stereocenters. The normalized spacial score (nSPS) is 12.3. The molecule has 27 heavy (non-hydrogen) atoms. The van der Waals surface area contributed by atoms with Gasteiger partial charge in [0.05, 0.1) is 16.2 Å². The molecule has 3 N–H and O–H groups in total. The fourth-order valence-corrected chi connectivity index (χ4v) is 3.04. The van der Waals surface area contributed by atoms with Crippen LogP contribution in [0.15, 0.2) is 47.5 Å². The van der Waals surface area contributed by atoms with E-state index in [9.17, 15) is 26.4 Å². The smallest absolute Gasteiger partial charge is 0.321 e. The summed E-state index contributed by atoms with van der Waals surface area (Å²) in [7, 11) is -3.88. The van der Waals surface area contributed by atoms with Crippen LogP contribution in [-0.2, 0) is 16.2 Å². The fourth-order valence-electron chi connectivity index (χ4n) is 2.52. The number of aromatic nitrogens is 2. The summed E-state index contributed by atoms with van der Waals surface area (Å²) in [5, 5.41) is 7.50. The Bertz CT molecular complexity index is 1140. The second-order valence-corrected chi connectivity index (χ2v) is 7.27. The van der Waals surface area contributed by atoms with Crippen LogP contribution in [0.2, 0.25) is 0 Å². The van der Waals surface area contributed by atoms with Crippen LogP contribution in [0.4, 0.5) is 18.9 Å². The SMILES string of the molecule is Cc1nc2ccc(C(F)(F)F)cn2c1C(=O)Nc1ccc(S(N)(=O)=O)cc1. The van der Waals surface area contributed by atoms with E-state index in [0.29, 0.717) is 0 Å². The van der Waals surface area contributed by atoms with Crippen LogP contribution in [0, 0.1) is 6.92 Å². The van der Waals surface area contributed by atoms with Gasteiger partial charge in [-0.25, -0.2) is 18.5 Å². The van der Waals surface area contributed by atoms with Crippen LogP contribution < -0.4 is 10.5 Å². The Labute approximate surface area is 151 Å². The highest BCUT2D eigenvalue weighted by atomic mass is 32.2. The zero-order valence-electron chi connectivity index (χ0n) is 13.8. The van der Waals surface area contributed by atoms with Gasteiger partial charge in [-0.2, -0.15) is 13.2 Å². The van der Waals surface area contributed by atoms with E-state index in [0.717, 1.165) is 16.7 Å². The maximum Gasteiger partial charge on any atom is 0.417 e. The van der Waals surface area contributed by atoms with Crippen molar-refractivity contribution in [2.24, 2.45) is 5.14 Å². The lowest BCUT2D eigenvalue weighted by atomic mass is 10.2. The van der Waals surface area contributed by atoms with E-state index < -0.39 is 27.7 Å². The Hall–Kier alpha value is -2.92. The molecule has 0 radical (unpaired) electrons. The zero-order valence-corrected chi connectivity index (χ0v) is 14.6. The largest absolute Gasteiger partial charge is 0.417 e. The molecule has 0 bridgehead atoms. The minimum Gasteiger partial charge on any atom is -0.321 e. The number of pyridine rings is 1. The van der Waals surface area contributed by atoms with Gasteiger partial charge in [0.25, 0.3) is 5.91 Å². The van der Waals surface area contributed by atoms with Gasteiger partial charge in [-0.15, -0.1) is 0 Å². The molecular formula is C16H13F3N4O3S. The number of fused-ring (bicyclic) bond motifs is 1. The topological polar surface area (TPSA) is 107 Å². The average molecular weight is 398 g/mol. The highest BCUT2D eigenvalue weighted by molar-refractivity contribution is 7.89. The molecule has 1 amide bonds. The molecule has 0 spiro atoms. The van der Waals surface area contributed by atoms with Gasteiger partial charge >= 0.3 is 6.18 Å². The lowest BCUT2D eigenvalue weighted by Crippen LogP contribution is -2.17. The molecule has 3 aromatic rings. The van der Waals surface area contributed by atoms with Crippen molar-refractivity contribution in [1.29, 1.82) is 0 Å². The third kappa shape index (κ3) is 3.78. The maximum absolute atomic E-state index is 12.9. The van der Waals surface area contributed by atoms with Crippen molar-refractivity contribution in [1.82, 2.24) is 9.38 Å². The van der Waals surface area contributed by atoms with E-state index in [1.807, 2.05) is 0 Å². The Morgan fingerprint density at radius 1 is 1.15 bits per heavy atom. The first-order valence-corrected chi connectivity index (χ1v) is 9.01. The number of carbonyl (C=O) groups excluding carboxylic acids is 1. The molecule has 3 rings (SSSR count). The Morgan fingerprint density at radius 3 is 2.33 bits per heavy atom. The van der Waals surface area contributed by atoms with Crippen molar-refractivity contribution in [2.75, 3.05) is 5.32 Å². The van der Waals surface area contributed by atoms with Crippen LogP contribution in [-0.4, -0.2) is 23.7 Å². The van der Waals surface area contributed by atoms with Gasteiger partial charge in [-0.3, -0.25) is 9.20 Å². The lowest BCUT2D eigenvalue weighted by molar-refractivity contribution is -0.137. The first-order valence-electron chi connectivity index (χ1n) is 7.47. The van der Waals surface area contributed by atoms with Crippen molar-refractivity contribution in [3.05, 3.63) is 59.5 Å². The van der Waals surface area contributed by atoms with Gasteiger partial charge in [0.15, 0.2) is 0 Å². The molecule has 0 fully saturated rings. The molecule has 142 valence electrons. The summed E-state index contributed by atoms with van der Waals surface area (Å²) < 4.78 is 62.4. The Kier molecular flexibility index (Phi) is 4.44. The number of nitrogens with zero attached hydrogens (tertiary/aromatic N) is 2. The quantitative estimate of drug-likeness (QED) is 0.707. The molecular weight excluding hydrogens is 385 g/mol. The number of amides is 1. The van der Waals surface area contributed by atoms with Crippen molar-refractivity contribution in [2.45, 2.75) is 18.0 Å². The summed E-state index contributed by atoms with van der Waals surface area (Å²) in [6.45, 7) is 1.50. The highest BCUT2D eigenvalue weighted by Gasteiger charge is 2.31. The minimum atomic E-state index is -4.57. The number of nitrogens with two attached hydrogens (primary N) is 1. The third-order valence-corrected chi connectivity index (χ3v) is 4.71. The maximum atomic E-state index is 12.9. The molecule has 11 heteroatoms. The number of sulfonamides is 1. The number of alkyl halides is 3. The summed E-state index contributed by atoms with van der Waals surface area (Å²) in [5.41, 5.74) is -0.303. The first kappa shape index (κ1) is 18.9. The monoisotopic (exact) mass is 398 g/mol. The minimum absolute atomic E-state index is 0.0633. The number of benzene rings is 1. The van der Waals surface area contributed by atoms with Crippen LogP contribution >= 0.6 is 0 Å². The van der Waals surface area contributed by atoms with Gasteiger partial charge in [0.2, 0.25) is 10.0 Å². The number of carbonyl (C=O) groups is 1. The Balaban J connectivity index is 1.97. The van der Waals surface area contributed by atoms with Gasteiger partial charge < -0.3 is 5.32 Å². The number of anilines is 1. The number of primary sulfonamides is 1. The van der Waals surface area contributed by atoms with Gasteiger partial charge in [0.1, 0.15) is 11.3 Å². The van der Waals surface area contributed by atoms with Crippen LogP contribution in [0.1, 0.15) is 21.7 Å². The molecule has 0 saturated carbocycles. The second-order valence-electron chi connectivity index (χ2n) is 5.71. The van der Waals surface area contributed by atoms with E-state index in [-0.39, 0.29) is 27.6 Å². The van der Waals surface area contributed by atoms with Crippen LogP contribution in [0.25, 0.3) is 5.65 Å². The van der Waals surface area contributed by atoms with Gasteiger partial charge in [0, 0.05) is 11.9 Å². The molecule has 0 unspecified atom stereocenters. The summed E-state index contributed by atoms with van der Waals surface area (Å²) in [6, 6.07) is 7.10. The van der Waals surface area contributed by atoms with Crippen molar-refractivity contribution in [3.8, 4) is 0 Å². The highest BCUT2D eigenvalue weighted by Crippen LogP contribution is 2.30. The molecule has 0 saturated heterocycles. The standard InChI is InChI=1S/C16H13F3N4O3S/c1-9-14(23-8-10(16(17,18)19)2-7-13(23)21-9)15(24)22-11-3-5-12(6-4-11)27(20,25)26/h2-8H,1H3,(H,22,24)(H2,20,25,26). The van der Waals surface area contributed by atoms with E-state index in [4.69, 9.17) is 5.14 Å². The number of nitrogens with one attached hydrogen (secondary N) is 1. The fraction of sp³-hybridized carbons (Fsp3) is 0.125. The summed E-state index contributed by atoms with van der Waals surface area (Å²) in [6.07, 6.45) is -3.77. The average Bonchev–Trinajstić information content (AvgIpc) is 2.88. The Morgan fingerprint density at radius 2 is 1.78 bits per heavy atom. The van der Waals surface area contributed by atoms with E-state index in [2.05, 4.69) is 10.3 Å². The second kappa shape index (κ2) is 6.35. The number of imidazole rings is 1. The molecule has 7 nitrogen and oxygen atoms in total. The van der Waals surface area contributed by atoms with Gasteiger partial charge in [-0.1, -0.05) is 0 Å². The molecule has 1 aromatic carbocycles. The van der Waals surface area contributed by atoms with E-state index in [1.165, 1.54) is 37.3 Å². The number of aryl methyl sites for hydroxylation is 1. The summed E-state index contributed by atoms with van der Waals surface area (Å²) >= 11 is 0. The number of halogens is 3.